The highest BCUT2D eigenvalue weighted by Crippen LogP contribution is 2.37. The molecule has 0 N–H and O–H groups in total. The molecule has 0 heterocycles. The molecule has 0 unspecified atom stereocenters. The summed E-state index contributed by atoms with van der Waals surface area (Å²) >= 11 is 0. The molecule has 0 aliphatic carbocycles. The average molecular weight is 944 g/mol. The van der Waals surface area contributed by atoms with E-state index in [1.165, 1.54) is 157 Å². The largest absolute Gasteiger partial charge is 0.494 e. The zero-order valence-electron chi connectivity index (χ0n) is 40.0. The minimum Gasteiger partial charge on any atom is -0.494 e. The molecule has 0 atom stereocenters. The molecule has 0 fully saturated rings. The molecule has 0 aliphatic rings. The zero-order valence-corrected chi connectivity index (χ0v) is 40.0. The summed E-state index contributed by atoms with van der Waals surface area (Å²) in [6, 6.07) is 28.0. The molecule has 366 valence electrons. The van der Waals surface area contributed by atoms with Crippen molar-refractivity contribution in [1.29, 1.82) is 0 Å². The van der Waals surface area contributed by atoms with E-state index in [0.717, 1.165) is 25.7 Å². The highest BCUT2D eigenvalue weighted by molar-refractivity contribution is 5.95. The first-order valence-corrected chi connectivity index (χ1v) is 24.5. The molecular formula is C56H65NO12. The Morgan fingerprint density at radius 1 is 0.377 bits per heavy atom. The molecule has 0 aromatic heterocycles. The molecule has 0 amide bonds. The Hall–Kier alpha value is -7.02. The third-order valence-electron chi connectivity index (χ3n) is 11.4. The van der Waals surface area contributed by atoms with Gasteiger partial charge in [0.25, 0.3) is 0 Å². The molecule has 13 heteroatoms. The lowest BCUT2D eigenvalue weighted by molar-refractivity contribution is -0.386. The van der Waals surface area contributed by atoms with Crippen molar-refractivity contribution in [3.05, 3.63) is 148 Å². The van der Waals surface area contributed by atoms with Crippen LogP contribution in [0.4, 0.5) is 5.69 Å². The van der Waals surface area contributed by atoms with Crippen molar-refractivity contribution in [3.63, 3.8) is 0 Å². The Kier molecular flexibility index (Phi) is 22.8. The number of para-hydroxylation sites is 1. The van der Waals surface area contributed by atoms with Crippen LogP contribution in [0.25, 0.3) is 0 Å². The van der Waals surface area contributed by atoms with E-state index in [1.54, 1.807) is 48.5 Å². The number of rotatable bonds is 31. The van der Waals surface area contributed by atoms with Crippen molar-refractivity contribution in [2.24, 2.45) is 0 Å². The summed E-state index contributed by atoms with van der Waals surface area (Å²) in [4.78, 5) is 63.3. The van der Waals surface area contributed by atoms with Gasteiger partial charge >= 0.3 is 29.6 Å². The highest BCUT2D eigenvalue weighted by Gasteiger charge is 2.27. The van der Waals surface area contributed by atoms with Gasteiger partial charge in [0, 0.05) is 0 Å². The van der Waals surface area contributed by atoms with Crippen molar-refractivity contribution < 1.29 is 52.5 Å². The number of nitro groups is 1. The van der Waals surface area contributed by atoms with Crippen LogP contribution in [0.1, 0.15) is 171 Å². The zero-order chi connectivity index (χ0) is 49.1. The Morgan fingerprint density at radius 2 is 0.652 bits per heavy atom. The van der Waals surface area contributed by atoms with Gasteiger partial charge in [-0.1, -0.05) is 123 Å². The predicted octanol–water partition coefficient (Wildman–Crippen LogP) is 14.3. The van der Waals surface area contributed by atoms with Gasteiger partial charge in [0.2, 0.25) is 11.5 Å². The molecule has 5 rings (SSSR count). The quantitative estimate of drug-likeness (QED) is 0.0136. The molecular weight excluding hydrogens is 879 g/mol. The van der Waals surface area contributed by atoms with Crippen LogP contribution in [-0.2, 0) is 0 Å². The minimum absolute atomic E-state index is 0.00591. The van der Waals surface area contributed by atoms with Crippen LogP contribution in [0.3, 0.4) is 0 Å². The molecule has 5 aromatic carbocycles. The van der Waals surface area contributed by atoms with Crippen LogP contribution in [0.2, 0.25) is 0 Å². The summed E-state index contributed by atoms with van der Waals surface area (Å²) in [6.07, 6.45) is 22.1. The Morgan fingerprint density at radius 3 is 0.957 bits per heavy atom. The number of hydrogen-bond acceptors (Lipinski definition) is 12. The number of unbranched alkanes of at least 4 members (excludes halogenated alkanes) is 16. The first kappa shape index (κ1) is 52.9. The maximum absolute atomic E-state index is 13.1. The molecule has 0 saturated heterocycles. The standard InChI is InChI=1S/C56H65NO12/c1-3-5-7-9-11-13-15-17-19-40-64-46-32-24-42(25-33-46)53(58)66-48-36-28-44(29-37-48)55(60)68-50-22-21-23-51(52(50)57(62)63)69-56(61)45-30-38-49(39-31-45)67-54(59)43-26-34-47(35-27-43)65-41-20-18-16-14-12-10-8-6-4-2/h21-39H,3-20,40-41H2,1-2H3. The monoisotopic (exact) mass is 943 g/mol. The number of ether oxygens (including phenoxy) is 6. The van der Waals surface area contributed by atoms with Gasteiger partial charge < -0.3 is 28.4 Å². The van der Waals surface area contributed by atoms with E-state index < -0.39 is 46.0 Å². The van der Waals surface area contributed by atoms with E-state index in [0.29, 0.717) is 35.8 Å². The van der Waals surface area contributed by atoms with Gasteiger partial charge in [-0.3, -0.25) is 10.1 Å². The van der Waals surface area contributed by atoms with Gasteiger partial charge in [-0.05, 0) is 122 Å². The van der Waals surface area contributed by atoms with Crippen LogP contribution in [0.5, 0.6) is 34.5 Å². The van der Waals surface area contributed by atoms with Gasteiger partial charge in [0.15, 0.2) is 0 Å². The Balaban J connectivity index is 1.05. The van der Waals surface area contributed by atoms with Crippen molar-refractivity contribution in [2.75, 3.05) is 13.2 Å². The number of hydrogen-bond donors (Lipinski definition) is 0. The second-order valence-electron chi connectivity index (χ2n) is 16.9. The first-order valence-electron chi connectivity index (χ1n) is 24.5. The van der Waals surface area contributed by atoms with Gasteiger partial charge in [0.05, 0.1) is 40.4 Å². The maximum atomic E-state index is 13.1. The van der Waals surface area contributed by atoms with Gasteiger partial charge in [-0.15, -0.1) is 0 Å². The normalized spacial score (nSPS) is 10.8. The fourth-order valence-corrected chi connectivity index (χ4v) is 7.39. The van der Waals surface area contributed by atoms with Crippen LogP contribution in [-0.4, -0.2) is 42.0 Å². The number of nitrogens with zero attached hydrogens (tertiary/aromatic N) is 1. The smallest absolute Gasteiger partial charge is 0.353 e. The molecule has 0 aliphatic heterocycles. The van der Waals surface area contributed by atoms with Crippen molar-refractivity contribution >= 4 is 29.6 Å². The molecule has 0 spiro atoms. The molecule has 5 aromatic rings. The molecule has 0 bridgehead atoms. The second kappa shape index (κ2) is 29.7. The van der Waals surface area contributed by atoms with E-state index in [4.69, 9.17) is 28.4 Å². The van der Waals surface area contributed by atoms with E-state index >= 15 is 0 Å². The fourth-order valence-electron chi connectivity index (χ4n) is 7.39. The number of carbonyl (C=O) groups excluding carboxylic acids is 4. The third-order valence-corrected chi connectivity index (χ3v) is 11.4. The summed E-state index contributed by atoms with van der Waals surface area (Å²) in [7, 11) is 0. The van der Waals surface area contributed by atoms with E-state index in [9.17, 15) is 29.3 Å². The molecule has 0 saturated carbocycles. The van der Waals surface area contributed by atoms with E-state index in [-0.39, 0.29) is 22.6 Å². The van der Waals surface area contributed by atoms with Crippen LogP contribution in [0.15, 0.2) is 115 Å². The summed E-state index contributed by atoms with van der Waals surface area (Å²) < 4.78 is 33.4. The molecule has 13 nitrogen and oxygen atoms in total. The number of esters is 4. The minimum atomic E-state index is -0.948. The van der Waals surface area contributed by atoms with Crippen LogP contribution < -0.4 is 28.4 Å². The first-order chi connectivity index (χ1) is 33.6. The third kappa shape index (κ3) is 18.5. The summed E-state index contributed by atoms with van der Waals surface area (Å²) in [5, 5.41) is 12.2. The SMILES string of the molecule is CCCCCCCCCCCOc1ccc(C(=O)Oc2ccc(C(=O)Oc3cccc(OC(=O)c4ccc(OC(=O)c5ccc(OCCCCCCCCCCC)cc5)cc4)c3[N+](=O)[O-])cc2)cc1. The lowest BCUT2D eigenvalue weighted by Crippen LogP contribution is -2.13. The Bertz CT molecular complexity index is 2200. The summed E-state index contributed by atoms with van der Waals surface area (Å²) in [5.41, 5.74) is -0.127. The van der Waals surface area contributed by atoms with E-state index in [1.807, 2.05) is 0 Å². The van der Waals surface area contributed by atoms with Crippen molar-refractivity contribution in [3.8, 4) is 34.5 Å². The second-order valence-corrected chi connectivity index (χ2v) is 16.9. The Labute approximate surface area is 405 Å². The molecule has 69 heavy (non-hydrogen) atoms. The topological polar surface area (TPSA) is 167 Å². The summed E-state index contributed by atoms with van der Waals surface area (Å²) in [6.45, 7) is 5.65. The van der Waals surface area contributed by atoms with Crippen LogP contribution in [0, 0.1) is 10.1 Å². The summed E-state index contributed by atoms with van der Waals surface area (Å²) in [5.74, 6) is -2.42. The maximum Gasteiger partial charge on any atom is 0.353 e. The number of benzene rings is 5. The van der Waals surface area contributed by atoms with Crippen molar-refractivity contribution in [1.82, 2.24) is 0 Å². The number of nitro benzene ring substituents is 1. The highest BCUT2D eigenvalue weighted by atomic mass is 16.6. The average Bonchev–Trinajstić information content (AvgIpc) is 3.35. The number of carbonyl (C=O) groups is 4. The predicted molar refractivity (Wildman–Crippen MR) is 264 cm³/mol. The van der Waals surface area contributed by atoms with Gasteiger partial charge in [-0.2, -0.15) is 0 Å². The lowest BCUT2D eigenvalue weighted by Gasteiger charge is -2.10. The fraction of sp³-hybridized carbons (Fsp3) is 0.393. The molecule has 0 radical (unpaired) electrons. The van der Waals surface area contributed by atoms with Gasteiger partial charge in [-0.25, -0.2) is 19.2 Å². The van der Waals surface area contributed by atoms with Crippen molar-refractivity contribution in [2.45, 2.75) is 129 Å². The van der Waals surface area contributed by atoms with Gasteiger partial charge in [0.1, 0.15) is 23.0 Å². The van der Waals surface area contributed by atoms with E-state index in [2.05, 4.69) is 13.8 Å². The van der Waals surface area contributed by atoms with Crippen LogP contribution >= 0.6 is 0 Å². The lowest BCUT2D eigenvalue weighted by atomic mass is 10.1.